The summed E-state index contributed by atoms with van der Waals surface area (Å²) >= 11 is 6.62. The van der Waals surface area contributed by atoms with Gasteiger partial charge in [-0.2, -0.15) is 0 Å². The molecule has 0 radical (unpaired) electrons. The van der Waals surface area contributed by atoms with Gasteiger partial charge in [-0.1, -0.05) is 30.4 Å². The molecule has 0 spiro atoms. The number of benzene rings is 1. The van der Waals surface area contributed by atoms with Crippen molar-refractivity contribution in [1.29, 1.82) is 0 Å². The topological polar surface area (TPSA) is 52.6 Å². The molecule has 1 aliphatic heterocycles. The number of thioether (sulfide) groups is 1. The molecule has 1 aromatic rings. The van der Waals surface area contributed by atoms with Crippen molar-refractivity contribution in [3.63, 3.8) is 0 Å². The Bertz CT molecular complexity index is 580. The molecule has 4 nitrogen and oxygen atoms in total. The first-order valence-electron chi connectivity index (χ1n) is 7.15. The maximum absolute atomic E-state index is 12.8. The highest BCUT2D eigenvalue weighted by molar-refractivity contribution is 8.24. The highest BCUT2D eigenvalue weighted by Crippen LogP contribution is 2.25. The maximum Gasteiger partial charge on any atom is 0.186 e. The molecular formula is C15H20O4S3. The van der Waals surface area contributed by atoms with E-state index in [0.717, 1.165) is 0 Å². The third-order valence-corrected chi connectivity index (χ3v) is 7.43. The van der Waals surface area contributed by atoms with Gasteiger partial charge in [-0.05, 0) is 37.7 Å². The zero-order valence-electron chi connectivity index (χ0n) is 12.4. The van der Waals surface area contributed by atoms with E-state index in [1.54, 1.807) is 30.3 Å². The van der Waals surface area contributed by atoms with Crippen molar-refractivity contribution in [2.24, 2.45) is 0 Å². The summed E-state index contributed by atoms with van der Waals surface area (Å²) in [7, 11) is -3.45. The van der Waals surface area contributed by atoms with Crippen LogP contribution in [0.1, 0.15) is 19.3 Å². The fourth-order valence-electron chi connectivity index (χ4n) is 2.35. The Kier molecular flexibility index (Phi) is 6.83. The minimum absolute atomic E-state index is 0.206. The van der Waals surface area contributed by atoms with Crippen molar-refractivity contribution in [3.05, 3.63) is 30.3 Å². The van der Waals surface area contributed by atoms with Crippen LogP contribution in [0.4, 0.5) is 0 Å². The summed E-state index contributed by atoms with van der Waals surface area (Å²) < 4.78 is 36.9. The lowest BCUT2D eigenvalue weighted by Gasteiger charge is -2.18. The normalized spacial score (nSPS) is 17.5. The van der Waals surface area contributed by atoms with Crippen molar-refractivity contribution in [2.75, 3.05) is 19.5 Å². The summed E-state index contributed by atoms with van der Waals surface area (Å²) in [6.07, 6.45) is 3.49. The van der Waals surface area contributed by atoms with E-state index in [1.165, 1.54) is 11.8 Å². The molecule has 1 heterocycles. The Labute approximate surface area is 141 Å². The van der Waals surface area contributed by atoms with Crippen molar-refractivity contribution in [1.82, 2.24) is 0 Å². The van der Waals surface area contributed by atoms with E-state index < -0.39 is 15.1 Å². The predicted molar refractivity (Wildman–Crippen MR) is 93.1 cm³/mol. The average Bonchev–Trinajstić information content (AvgIpc) is 3.05. The van der Waals surface area contributed by atoms with E-state index >= 15 is 0 Å². The Hall–Kier alpha value is -0.470. The molecule has 1 fully saturated rings. The van der Waals surface area contributed by atoms with E-state index in [2.05, 4.69) is 0 Å². The highest BCUT2D eigenvalue weighted by atomic mass is 32.2. The van der Waals surface area contributed by atoms with Gasteiger partial charge in [0.2, 0.25) is 0 Å². The standard InChI is InChI=1S/C15H20O4S3/c1-21-15(20)13(8-5-9-14-18-10-11-19-14)22(16,17)12-6-3-2-4-7-12/h2-4,6-7,13-14H,5,8-11H2,1H3. The fraction of sp³-hybridized carbons (Fsp3) is 0.533. The number of sulfone groups is 1. The van der Waals surface area contributed by atoms with Crippen LogP contribution in [0.3, 0.4) is 0 Å². The minimum atomic E-state index is -3.45. The third-order valence-electron chi connectivity index (χ3n) is 3.51. The van der Waals surface area contributed by atoms with Gasteiger partial charge in [-0.25, -0.2) is 8.42 Å². The van der Waals surface area contributed by atoms with Crippen LogP contribution in [-0.4, -0.2) is 43.6 Å². The molecule has 0 aliphatic carbocycles. The molecule has 0 saturated carbocycles. The molecule has 0 N–H and O–H groups in total. The number of hydrogen-bond donors (Lipinski definition) is 0. The molecule has 0 aromatic heterocycles. The van der Waals surface area contributed by atoms with Crippen molar-refractivity contribution < 1.29 is 17.9 Å². The molecule has 1 aromatic carbocycles. The SMILES string of the molecule is CSC(=S)C(CCCC1OCCO1)S(=O)(=O)c1ccccc1. The summed E-state index contributed by atoms with van der Waals surface area (Å²) in [5.74, 6) is 0. The van der Waals surface area contributed by atoms with Crippen LogP contribution in [0.15, 0.2) is 35.2 Å². The van der Waals surface area contributed by atoms with Gasteiger partial charge in [-0.15, -0.1) is 11.8 Å². The van der Waals surface area contributed by atoms with Crippen molar-refractivity contribution in [3.8, 4) is 0 Å². The Morgan fingerprint density at radius 1 is 1.32 bits per heavy atom. The molecule has 1 unspecified atom stereocenters. The van der Waals surface area contributed by atoms with Crippen molar-refractivity contribution >= 4 is 38.0 Å². The Morgan fingerprint density at radius 3 is 2.55 bits per heavy atom. The largest absolute Gasteiger partial charge is 0.350 e. The lowest BCUT2D eigenvalue weighted by atomic mass is 10.2. The zero-order valence-corrected chi connectivity index (χ0v) is 14.9. The van der Waals surface area contributed by atoms with E-state index in [9.17, 15) is 8.42 Å². The molecular weight excluding hydrogens is 340 g/mol. The van der Waals surface area contributed by atoms with E-state index in [-0.39, 0.29) is 6.29 Å². The molecule has 0 amide bonds. The van der Waals surface area contributed by atoms with Gasteiger partial charge < -0.3 is 9.47 Å². The molecule has 0 bridgehead atoms. The monoisotopic (exact) mass is 360 g/mol. The second-order valence-corrected chi connectivity index (χ2v) is 8.65. The lowest BCUT2D eigenvalue weighted by molar-refractivity contribution is -0.0478. The second-order valence-electron chi connectivity index (χ2n) is 4.97. The van der Waals surface area contributed by atoms with E-state index in [1.807, 2.05) is 6.26 Å². The molecule has 7 heteroatoms. The molecule has 22 heavy (non-hydrogen) atoms. The van der Waals surface area contributed by atoms with Gasteiger partial charge in [0, 0.05) is 0 Å². The van der Waals surface area contributed by atoms with Gasteiger partial charge in [0.15, 0.2) is 16.1 Å². The Morgan fingerprint density at radius 2 is 1.95 bits per heavy atom. The summed E-state index contributed by atoms with van der Waals surface area (Å²) in [5.41, 5.74) is 0. The molecule has 1 saturated heterocycles. The second kappa shape index (κ2) is 8.40. The number of rotatable bonds is 7. The quantitative estimate of drug-likeness (QED) is 0.697. The van der Waals surface area contributed by atoms with Gasteiger partial charge in [0.25, 0.3) is 0 Å². The summed E-state index contributed by atoms with van der Waals surface area (Å²) in [6, 6.07) is 8.50. The lowest BCUT2D eigenvalue weighted by Crippen LogP contribution is -2.28. The molecule has 122 valence electrons. The maximum atomic E-state index is 12.8. The number of hydrogen-bond acceptors (Lipinski definition) is 6. The van der Waals surface area contributed by atoms with E-state index in [4.69, 9.17) is 21.7 Å². The van der Waals surface area contributed by atoms with Gasteiger partial charge in [-0.3, -0.25) is 0 Å². The number of thiocarbonyl (C=S) groups is 1. The minimum Gasteiger partial charge on any atom is -0.350 e. The summed E-state index contributed by atoms with van der Waals surface area (Å²) in [6.45, 7) is 1.22. The van der Waals surface area contributed by atoms with Crippen LogP contribution in [0.25, 0.3) is 0 Å². The summed E-state index contributed by atoms with van der Waals surface area (Å²) in [4.78, 5) is 0.324. The van der Waals surface area contributed by atoms with Crippen LogP contribution in [0.2, 0.25) is 0 Å². The molecule has 1 aliphatic rings. The average molecular weight is 361 g/mol. The van der Waals surface area contributed by atoms with Crippen LogP contribution in [-0.2, 0) is 19.3 Å². The first-order valence-corrected chi connectivity index (χ1v) is 10.3. The van der Waals surface area contributed by atoms with Gasteiger partial charge >= 0.3 is 0 Å². The van der Waals surface area contributed by atoms with E-state index in [0.29, 0.717) is 41.6 Å². The highest BCUT2D eigenvalue weighted by Gasteiger charge is 2.31. The molecule has 1 atom stereocenters. The third kappa shape index (κ3) is 4.52. The summed E-state index contributed by atoms with van der Waals surface area (Å²) in [5, 5.41) is -0.652. The first kappa shape index (κ1) is 17.9. The van der Waals surface area contributed by atoms with Gasteiger partial charge in [0.1, 0.15) is 5.25 Å². The van der Waals surface area contributed by atoms with Crippen LogP contribution in [0, 0.1) is 0 Å². The zero-order chi connectivity index (χ0) is 16.0. The number of ether oxygens (including phenoxy) is 2. The van der Waals surface area contributed by atoms with Crippen LogP contribution in [0.5, 0.6) is 0 Å². The molecule has 2 rings (SSSR count). The predicted octanol–water partition coefficient (Wildman–Crippen LogP) is 3.06. The van der Waals surface area contributed by atoms with Crippen molar-refractivity contribution in [2.45, 2.75) is 35.7 Å². The van der Waals surface area contributed by atoms with Crippen LogP contribution >= 0.6 is 24.0 Å². The van der Waals surface area contributed by atoms with Gasteiger partial charge in [0.05, 0.1) is 22.3 Å². The van der Waals surface area contributed by atoms with Crippen LogP contribution < -0.4 is 0 Å². The Balaban J connectivity index is 2.06. The fourth-order valence-corrected chi connectivity index (χ4v) is 5.49. The first-order chi connectivity index (χ1) is 10.6. The smallest absolute Gasteiger partial charge is 0.186 e.